The molecule has 0 unspecified atom stereocenters. The summed E-state index contributed by atoms with van der Waals surface area (Å²) in [5.74, 6) is -2.66. The van der Waals surface area contributed by atoms with E-state index in [-0.39, 0.29) is 36.2 Å². The van der Waals surface area contributed by atoms with Gasteiger partial charge >= 0.3 is 0 Å². The lowest BCUT2D eigenvalue weighted by Gasteiger charge is -2.35. The first-order valence-electron chi connectivity index (χ1n) is 9.55. The molecule has 4 aliphatic rings. The first kappa shape index (κ1) is 17.5. The minimum Gasteiger partial charge on any atom is -0.285 e. The predicted octanol–water partition coefficient (Wildman–Crippen LogP) is -0.498. The first-order chi connectivity index (χ1) is 13.4. The molecule has 4 aliphatic heterocycles. The molecule has 1 aromatic rings. The van der Waals surface area contributed by atoms with Crippen LogP contribution in [-0.4, -0.2) is 82.1 Å². The van der Waals surface area contributed by atoms with Crippen LogP contribution in [0, 0.1) is 11.8 Å². The third-order valence-corrected chi connectivity index (χ3v) is 6.94. The molecule has 8 heteroatoms. The second-order valence-corrected chi connectivity index (χ2v) is 8.16. The van der Waals surface area contributed by atoms with Crippen LogP contribution >= 0.6 is 0 Å². The molecule has 0 saturated carbocycles. The van der Waals surface area contributed by atoms with Crippen molar-refractivity contribution in [2.75, 3.05) is 27.2 Å². The number of hydrogen-bond acceptors (Lipinski definition) is 6. The van der Waals surface area contributed by atoms with E-state index < -0.39 is 17.4 Å². The molecule has 0 N–H and O–H groups in total. The Balaban J connectivity index is 1.59. The van der Waals surface area contributed by atoms with Crippen LogP contribution in [0.3, 0.4) is 0 Å². The van der Waals surface area contributed by atoms with E-state index in [9.17, 15) is 19.2 Å². The highest BCUT2D eigenvalue weighted by Gasteiger charge is 2.75. The van der Waals surface area contributed by atoms with Crippen LogP contribution in [0.25, 0.3) is 0 Å². The normalized spacial score (nSPS) is 35.6. The van der Waals surface area contributed by atoms with Gasteiger partial charge in [0.1, 0.15) is 5.54 Å². The first-order valence-corrected chi connectivity index (χ1v) is 9.55. The molecule has 1 spiro atoms. The molecule has 8 nitrogen and oxygen atoms in total. The van der Waals surface area contributed by atoms with Crippen LogP contribution in [0.4, 0.5) is 0 Å². The molecule has 0 bridgehead atoms. The topological polar surface area (TPSA) is 81.2 Å². The number of imide groups is 2. The Hall–Kier alpha value is -2.58. The SMILES string of the molecule is CN1C(=O)[C@@H]2[C@@H]3N(Cc4ccccc4)CCN3[C@]3(CC(=O)N(C)C3=O)[C@@H]2C1=O. The van der Waals surface area contributed by atoms with Gasteiger partial charge in [-0.1, -0.05) is 30.3 Å². The maximum atomic E-state index is 13.2. The average molecular weight is 382 g/mol. The highest BCUT2D eigenvalue weighted by molar-refractivity contribution is 6.15. The molecule has 4 fully saturated rings. The molecule has 4 heterocycles. The van der Waals surface area contributed by atoms with Crippen LogP contribution < -0.4 is 0 Å². The number of carbonyl (C=O) groups is 4. The number of likely N-dealkylation sites (N-methyl/N-ethyl adjacent to an activating group) is 1. The van der Waals surface area contributed by atoms with E-state index in [2.05, 4.69) is 4.90 Å². The fourth-order valence-corrected chi connectivity index (χ4v) is 5.66. The molecule has 1 aromatic carbocycles. The van der Waals surface area contributed by atoms with Gasteiger partial charge in [0.2, 0.25) is 17.7 Å². The molecule has 0 aromatic heterocycles. The van der Waals surface area contributed by atoms with Crippen molar-refractivity contribution in [1.29, 1.82) is 0 Å². The van der Waals surface area contributed by atoms with Crippen molar-refractivity contribution in [1.82, 2.24) is 19.6 Å². The highest BCUT2D eigenvalue weighted by Crippen LogP contribution is 2.55. The molecule has 0 radical (unpaired) electrons. The Morgan fingerprint density at radius 3 is 2.32 bits per heavy atom. The second kappa shape index (κ2) is 5.71. The van der Waals surface area contributed by atoms with Crippen LogP contribution in [0.5, 0.6) is 0 Å². The number of hydrogen-bond donors (Lipinski definition) is 0. The standard InChI is InChI=1S/C20H22N4O4/c1-21-13(25)10-20(19(21)28)15-14(17(26)22(2)18(15)27)16-23(8-9-24(16)20)11-12-6-4-3-5-7-12/h3-7,14-16H,8-11H2,1-2H3/t14-,15-,16+,20+/m0/s1. The molecule has 4 amide bonds. The molecule has 28 heavy (non-hydrogen) atoms. The lowest BCUT2D eigenvalue weighted by Crippen LogP contribution is -2.57. The Kier molecular flexibility index (Phi) is 3.57. The second-order valence-electron chi connectivity index (χ2n) is 8.16. The van der Waals surface area contributed by atoms with E-state index in [1.807, 2.05) is 35.2 Å². The van der Waals surface area contributed by atoms with Gasteiger partial charge in [-0.25, -0.2) is 0 Å². The van der Waals surface area contributed by atoms with Crippen molar-refractivity contribution in [3.8, 4) is 0 Å². The summed E-state index contributed by atoms with van der Waals surface area (Å²) in [7, 11) is 2.94. The number of rotatable bonds is 2. The summed E-state index contributed by atoms with van der Waals surface area (Å²) in [6, 6.07) is 9.93. The zero-order valence-corrected chi connectivity index (χ0v) is 15.9. The summed E-state index contributed by atoms with van der Waals surface area (Å²) in [6.45, 7) is 1.87. The number of nitrogens with zero attached hydrogens (tertiary/aromatic N) is 4. The van der Waals surface area contributed by atoms with Crippen LogP contribution in [-0.2, 0) is 25.7 Å². The molecular weight excluding hydrogens is 360 g/mol. The van der Waals surface area contributed by atoms with E-state index in [0.717, 1.165) is 15.4 Å². The largest absolute Gasteiger partial charge is 0.285 e. The van der Waals surface area contributed by atoms with Crippen molar-refractivity contribution in [2.45, 2.75) is 24.7 Å². The number of likely N-dealkylation sites (tertiary alicyclic amines) is 2. The predicted molar refractivity (Wildman–Crippen MR) is 97.2 cm³/mol. The molecule has 5 rings (SSSR count). The number of benzene rings is 1. The van der Waals surface area contributed by atoms with Crippen LogP contribution in [0.1, 0.15) is 12.0 Å². The number of fused-ring (bicyclic) bond motifs is 5. The van der Waals surface area contributed by atoms with Gasteiger partial charge in [-0.3, -0.25) is 38.8 Å². The van der Waals surface area contributed by atoms with E-state index in [0.29, 0.717) is 19.6 Å². The van der Waals surface area contributed by atoms with Gasteiger partial charge in [0, 0.05) is 33.7 Å². The highest BCUT2D eigenvalue weighted by atomic mass is 16.2. The fourth-order valence-electron chi connectivity index (χ4n) is 5.66. The van der Waals surface area contributed by atoms with Crippen molar-refractivity contribution < 1.29 is 19.2 Å². The smallest absolute Gasteiger partial charge is 0.250 e. The van der Waals surface area contributed by atoms with Gasteiger partial charge in [-0.05, 0) is 5.56 Å². The van der Waals surface area contributed by atoms with Crippen molar-refractivity contribution in [3.05, 3.63) is 35.9 Å². The quantitative estimate of drug-likeness (QED) is 0.642. The summed E-state index contributed by atoms with van der Waals surface area (Å²) in [5.41, 5.74) is -0.123. The van der Waals surface area contributed by atoms with Gasteiger partial charge in [0.15, 0.2) is 0 Å². The average Bonchev–Trinajstić information content (AvgIpc) is 3.35. The molecule has 0 aliphatic carbocycles. The summed E-state index contributed by atoms with van der Waals surface area (Å²) < 4.78 is 0. The number of amides is 4. The Labute approximate surface area is 162 Å². The van der Waals surface area contributed by atoms with E-state index >= 15 is 0 Å². The summed E-state index contributed by atoms with van der Waals surface area (Å²) >= 11 is 0. The molecule has 4 atom stereocenters. The van der Waals surface area contributed by atoms with E-state index in [1.54, 1.807) is 0 Å². The Bertz CT molecular complexity index is 903. The third kappa shape index (κ3) is 1.96. The fraction of sp³-hybridized carbons (Fsp3) is 0.500. The molecular formula is C20H22N4O4. The minimum absolute atomic E-state index is 0.0357. The van der Waals surface area contributed by atoms with E-state index in [1.165, 1.54) is 14.1 Å². The van der Waals surface area contributed by atoms with Crippen molar-refractivity contribution in [2.24, 2.45) is 11.8 Å². The van der Waals surface area contributed by atoms with E-state index in [4.69, 9.17) is 0 Å². The lowest BCUT2D eigenvalue weighted by atomic mass is 9.79. The van der Waals surface area contributed by atoms with Gasteiger partial charge < -0.3 is 0 Å². The zero-order chi connectivity index (χ0) is 19.8. The van der Waals surface area contributed by atoms with Crippen molar-refractivity contribution in [3.63, 3.8) is 0 Å². The maximum Gasteiger partial charge on any atom is 0.250 e. The summed E-state index contributed by atoms with van der Waals surface area (Å²) in [5, 5.41) is 0. The maximum absolute atomic E-state index is 13.2. The van der Waals surface area contributed by atoms with Gasteiger partial charge in [-0.2, -0.15) is 0 Å². The molecule has 4 saturated heterocycles. The van der Waals surface area contributed by atoms with Crippen LogP contribution in [0.15, 0.2) is 30.3 Å². The van der Waals surface area contributed by atoms with Crippen LogP contribution in [0.2, 0.25) is 0 Å². The van der Waals surface area contributed by atoms with Gasteiger partial charge in [-0.15, -0.1) is 0 Å². The zero-order valence-electron chi connectivity index (χ0n) is 15.9. The Morgan fingerprint density at radius 1 is 0.964 bits per heavy atom. The van der Waals surface area contributed by atoms with Crippen molar-refractivity contribution >= 4 is 23.6 Å². The number of carbonyl (C=O) groups excluding carboxylic acids is 4. The third-order valence-electron chi connectivity index (χ3n) is 6.94. The monoisotopic (exact) mass is 382 g/mol. The van der Waals surface area contributed by atoms with Gasteiger partial charge in [0.05, 0.1) is 24.4 Å². The lowest BCUT2D eigenvalue weighted by molar-refractivity contribution is -0.148. The summed E-state index contributed by atoms with van der Waals surface area (Å²) in [6.07, 6.45) is -0.388. The Morgan fingerprint density at radius 2 is 1.68 bits per heavy atom. The summed E-state index contributed by atoms with van der Waals surface area (Å²) in [4.78, 5) is 58.0. The molecule has 146 valence electrons. The van der Waals surface area contributed by atoms with Gasteiger partial charge in [0.25, 0.3) is 5.91 Å². The minimum atomic E-state index is -1.23.